The maximum atomic E-state index is 2.59. The number of rotatable bonds is 2. The molecule has 1 aliphatic rings. The Bertz CT molecular complexity index is 329. The number of hydrogen-bond donors (Lipinski definition) is 0. The van der Waals surface area contributed by atoms with Gasteiger partial charge in [0.15, 0.2) is 0 Å². The quantitative estimate of drug-likeness (QED) is 0.732. The molecule has 1 aliphatic heterocycles. The third kappa shape index (κ3) is 2.65. The highest BCUT2D eigenvalue weighted by Crippen LogP contribution is 2.34. The van der Waals surface area contributed by atoms with Crippen molar-refractivity contribution < 1.29 is 0 Å². The van der Waals surface area contributed by atoms with Gasteiger partial charge in [0.2, 0.25) is 0 Å². The van der Waals surface area contributed by atoms with Crippen LogP contribution >= 0.6 is 0 Å². The summed E-state index contributed by atoms with van der Waals surface area (Å²) < 4.78 is 0. The van der Waals surface area contributed by atoms with E-state index >= 15 is 0 Å². The lowest BCUT2D eigenvalue weighted by Gasteiger charge is -2.43. The standard InChI is InChI=1S/C15H23N/c1-13-9-10-16(12-15(13,2)3)11-14-7-5-4-6-8-14/h4-8,13H,9-12H2,1-3H3. The number of likely N-dealkylation sites (tertiary alicyclic amines) is 1. The van der Waals surface area contributed by atoms with Gasteiger partial charge in [-0.25, -0.2) is 0 Å². The number of hydrogen-bond acceptors (Lipinski definition) is 1. The molecule has 1 aromatic rings. The Kier molecular flexibility index (Phi) is 3.34. The molecule has 16 heavy (non-hydrogen) atoms. The molecule has 1 fully saturated rings. The Morgan fingerprint density at radius 3 is 2.56 bits per heavy atom. The molecule has 1 saturated heterocycles. The van der Waals surface area contributed by atoms with Crippen LogP contribution in [0.1, 0.15) is 32.8 Å². The predicted molar refractivity (Wildman–Crippen MR) is 69.3 cm³/mol. The molecule has 1 nitrogen and oxygen atoms in total. The maximum Gasteiger partial charge on any atom is 0.0233 e. The van der Waals surface area contributed by atoms with Gasteiger partial charge in [-0.05, 0) is 29.9 Å². The van der Waals surface area contributed by atoms with Crippen molar-refractivity contribution in [2.45, 2.75) is 33.7 Å². The summed E-state index contributed by atoms with van der Waals surface area (Å²) in [6, 6.07) is 10.8. The van der Waals surface area contributed by atoms with Crippen LogP contribution in [0.15, 0.2) is 30.3 Å². The van der Waals surface area contributed by atoms with E-state index in [0.29, 0.717) is 5.41 Å². The number of benzene rings is 1. The van der Waals surface area contributed by atoms with Gasteiger partial charge in [0.1, 0.15) is 0 Å². The lowest BCUT2D eigenvalue weighted by Crippen LogP contribution is -2.44. The smallest absolute Gasteiger partial charge is 0.0233 e. The van der Waals surface area contributed by atoms with Gasteiger partial charge in [-0.1, -0.05) is 51.1 Å². The monoisotopic (exact) mass is 217 g/mol. The molecule has 0 amide bonds. The molecule has 0 aromatic heterocycles. The summed E-state index contributed by atoms with van der Waals surface area (Å²) in [5.74, 6) is 0.847. The van der Waals surface area contributed by atoms with Crippen LogP contribution in [-0.4, -0.2) is 18.0 Å². The van der Waals surface area contributed by atoms with E-state index in [-0.39, 0.29) is 0 Å². The van der Waals surface area contributed by atoms with E-state index in [2.05, 4.69) is 56.0 Å². The first-order valence-corrected chi connectivity index (χ1v) is 6.34. The molecule has 1 heterocycles. The maximum absolute atomic E-state index is 2.59. The van der Waals surface area contributed by atoms with E-state index < -0.39 is 0 Å². The van der Waals surface area contributed by atoms with Crippen LogP contribution in [0.3, 0.4) is 0 Å². The van der Waals surface area contributed by atoms with Crippen molar-refractivity contribution in [3.8, 4) is 0 Å². The third-order valence-electron chi connectivity index (χ3n) is 4.09. The number of piperidine rings is 1. The minimum atomic E-state index is 0.465. The fourth-order valence-corrected chi connectivity index (χ4v) is 2.55. The minimum absolute atomic E-state index is 0.465. The van der Waals surface area contributed by atoms with Crippen LogP contribution in [0.2, 0.25) is 0 Å². The van der Waals surface area contributed by atoms with Crippen LogP contribution in [0.5, 0.6) is 0 Å². The lowest BCUT2D eigenvalue weighted by atomic mass is 9.75. The van der Waals surface area contributed by atoms with Crippen molar-refractivity contribution in [2.75, 3.05) is 13.1 Å². The molecule has 88 valence electrons. The molecule has 1 aromatic carbocycles. The summed E-state index contributed by atoms with van der Waals surface area (Å²) in [5, 5.41) is 0. The van der Waals surface area contributed by atoms with Crippen molar-refractivity contribution in [1.82, 2.24) is 4.90 Å². The normalized spacial score (nSPS) is 25.6. The van der Waals surface area contributed by atoms with E-state index in [9.17, 15) is 0 Å². The van der Waals surface area contributed by atoms with Crippen LogP contribution in [0.4, 0.5) is 0 Å². The summed E-state index contributed by atoms with van der Waals surface area (Å²) in [4.78, 5) is 2.59. The fraction of sp³-hybridized carbons (Fsp3) is 0.600. The summed E-state index contributed by atoms with van der Waals surface area (Å²) in [5.41, 5.74) is 1.90. The van der Waals surface area contributed by atoms with Crippen LogP contribution in [0, 0.1) is 11.3 Å². The molecule has 0 radical (unpaired) electrons. The molecule has 1 unspecified atom stereocenters. The predicted octanol–water partition coefficient (Wildman–Crippen LogP) is 3.55. The summed E-state index contributed by atoms with van der Waals surface area (Å²) in [6.45, 7) is 10.8. The molecule has 1 atom stereocenters. The highest BCUT2D eigenvalue weighted by atomic mass is 15.1. The van der Waals surface area contributed by atoms with Crippen LogP contribution in [-0.2, 0) is 6.54 Å². The number of nitrogens with zero attached hydrogens (tertiary/aromatic N) is 1. The zero-order chi connectivity index (χ0) is 11.6. The van der Waals surface area contributed by atoms with Gasteiger partial charge >= 0.3 is 0 Å². The average Bonchev–Trinajstić information content (AvgIpc) is 2.25. The molecule has 0 N–H and O–H groups in total. The molecular weight excluding hydrogens is 194 g/mol. The van der Waals surface area contributed by atoms with Crippen molar-refractivity contribution >= 4 is 0 Å². The summed E-state index contributed by atoms with van der Waals surface area (Å²) in [7, 11) is 0. The van der Waals surface area contributed by atoms with Crippen molar-refractivity contribution in [1.29, 1.82) is 0 Å². The van der Waals surface area contributed by atoms with Crippen molar-refractivity contribution in [2.24, 2.45) is 11.3 Å². The Hall–Kier alpha value is -0.820. The van der Waals surface area contributed by atoms with E-state index in [1.54, 1.807) is 0 Å². The van der Waals surface area contributed by atoms with Crippen molar-refractivity contribution in [3.63, 3.8) is 0 Å². The largest absolute Gasteiger partial charge is 0.299 e. The Morgan fingerprint density at radius 1 is 1.25 bits per heavy atom. The summed E-state index contributed by atoms with van der Waals surface area (Å²) >= 11 is 0. The first-order chi connectivity index (χ1) is 7.58. The second kappa shape index (κ2) is 4.58. The van der Waals surface area contributed by atoms with Gasteiger partial charge in [-0.15, -0.1) is 0 Å². The first-order valence-electron chi connectivity index (χ1n) is 6.34. The first kappa shape index (κ1) is 11.7. The molecule has 0 bridgehead atoms. The van der Waals surface area contributed by atoms with E-state index in [1.807, 2.05) is 0 Å². The lowest BCUT2D eigenvalue weighted by molar-refractivity contribution is 0.0599. The second-order valence-corrected chi connectivity index (χ2v) is 5.87. The molecular formula is C15H23N. The topological polar surface area (TPSA) is 3.24 Å². The van der Waals surface area contributed by atoms with Crippen molar-refractivity contribution in [3.05, 3.63) is 35.9 Å². The second-order valence-electron chi connectivity index (χ2n) is 5.87. The Morgan fingerprint density at radius 2 is 1.94 bits per heavy atom. The van der Waals surface area contributed by atoms with Gasteiger partial charge in [0.25, 0.3) is 0 Å². The highest BCUT2D eigenvalue weighted by Gasteiger charge is 2.32. The van der Waals surface area contributed by atoms with Crippen LogP contribution in [0.25, 0.3) is 0 Å². The molecule has 2 rings (SSSR count). The molecule has 0 aliphatic carbocycles. The minimum Gasteiger partial charge on any atom is -0.299 e. The zero-order valence-electron chi connectivity index (χ0n) is 10.7. The molecule has 0 saturated carbocycles. The van der Waals surface area contributed by atoms with E-state index in [1.165, 1.54) is 25.1 Å². The zero-order valence-corrected chi connectivity index (χ0v) is 10.7. The SMILES string of the molecule is CC1CCN(Cc2ccccc2)CC1(C)C. The third-order valence-corrected chi connectivity index (χ3v) is 4.09. The summed E-state index contributed by atoms with van der Waals surface area (Å²) in [6.07, 6.45) is 1.33. The Balaban J connectivity index is 1.97. The van der Waals surface area contributed by atoms with Gasteiger partial charge in [-0.2, -0.15) is 0 Å². The van der Waals surface area contributed by atoms with E-state index in [0.717, 1.165) is 12.5 Å². The van der Waals surface area contributed by atoms with Gasteiger partial charge < -0.3 is 0 Å². The fourth-order valence-electron chi connectivity index (χ4n) is 2.55. The van der Waals surface area contributed by atoms with Crippen LogP contribution < -0.4 is 0 Å². The van der Waals surface area contributed by atoms with Gasteiger partial charge in [-0.3, -0.25) is 4.90 Å². The van der Waals surface area contributed by atoms with Gasteiger partial charge in [0.05, 0.1) is 0 Å². The molecule has 0 spiro atoms. The highest BCUT2D eigenvalue weighted by molar-refractivity contribution is 5.14. The van der Waals surface area contributed by atoms with E-state index in [4.69, 9.17) is 0 Å². The van der Waals surface area contributed by atoms with Gasteiger partial charge in [0, 0.05) is 13.1 Å². The average molecular weight is 217 g/mol. The Labute approximate surface area is 99.5 Å². The molecule has 1 heteroatoms.